The lowest BCUT2D eigenvalue weighted by Gasteiger charge is -2.28. The predicted molar refractivity (Wildman–Crippen MR) is 122 cm³/mol. The van der Waals surface area contributed by atoms with E-state index in [0.29, 0.717) is 12.8 Å². The van der Waals surface area contributed by atoms with E-state index in [1.807, 2.05) is 0 Å². The molecule has 0 amide bonds. The monoisotopic (exact) mass is 480 g/mol. The molecule has 0 N–H and O–H groups in total. The minimum atomic E-state index is -0.555. The van der Waals surface area contributed by atoms with Crippen molar-refractivity contribution in [3.8, 4) is 0 Å². The standard InChI is InChI=1S/C26H40O8/c27-23(19-9-3-1-4-10-19)31-15-17-33-25(29)21-13-7-8-14-22(21)26(30)34-18-16-32-24(28)20-11-5-2-6-12-20/h19-22H,1-18H2. The van der Waals surface area contributed by atoms with Crippen LogP contribution in [-0.2, 0) is 38.1 Å². The topological polar surface area (TPSA) is 105 Å². The van der Waals surface area contributed by atoms with E-state index < -0.39 is 23.8 Å². The molecule has 0 aliphatic heterocycles. The number of ether oxygens (including phenoxy) is 4. The van der Waals surface area contributed by atoms with Gasteiger partial charge in [-0.05, 0) is 38.5 Å². The molecule has 3 saturated carbocycles. The van der Waals surface area contributed by atoms with Crippen LogP contribution in [0.2, 0.25) is 0 Å². The molecule has 0 spiro atoms. The first-order valence-corrected chi connectivity index (χ1v) is 13.2. The quantitative estimate of drug-likeness (QED) is 0.261. The van der Waals surface area contributed by atoms with Crippen molar-refractivity contribution in [1.29, 1.82) is 0 Å². The van der Waals surface area contributed by atoms with Gasteiger partial charge >= 0.3 is 23.9 Å². The van der Waals surface area contributed by atoms with Gasteiger partial charge in [0.15, 0.2) is 0 Å². The molecule has 2 unspecified atom stereocenters. The van der Waals surface area contributed by atoms with Crippen molar-refractivity contribution in [2.24, 2.45) is 23.7 Å². The largest absolute Gasteiger partial charge is 0.462 e. The van der Waals surface area contributed by atoms with Gasteiger partial charge in [-0.3, -0.25) is 19.2 Å². The molecule has 3 aliphatic carbocycles. The molecule has 8 heteroatoms. The lowest BCUT2D eigenvalue weighted by molar-refractivity contribution is -0.167. The molecule has 0 aromatic rings. The summed E-state index contributed by atoms with van der Waals surface area (Å²) in [5.74, 6) is -2.50. The minimum absolute atomic E-state index is 0.00726. The highest BCUT2D eigenvalue weighted by atomic mass is 16.6. The fraction of sp³-hybridized carbons (Fsp3) is 0.846. The van der Waals surface area contributed by atoms with E-state index in [2.05, 4.69) is 0 Å². The number of hydrogen-bond donors (Lipinski definition) is 0. The van der Waals surface area contributed by atoms with Gasteiger partial charge in [-0.15, -0.1) is 0 Å². The third-order valence-corrected chi connectivity index (χ3v) is 7.39. The Morgan fingerprint density at radius 3 is 1.06 bits per heavy atom. The molecule has 0 aromatic heterocycles. The molecule has 3 rings (SSSR count). The zero-order valence-corrected chi connectivity index (χ0v) is 20.3. The van der Waals surface area contributed by atoms with Crippen LogP contribution in [0.4, 0.5) is 0 Å². The predicted octanol–water partition coefficient (Wildman–Crippen LogP) is 4.13. The molecule has 192 valence electrons. The summed E-state index contributed by atoms with van der Waals surface area (Å²) in [7, 11) is 0. The first kappa shape index (κ1) is 26.5. The summed E-state index contributed by atoms with van der Waals surface area (Å²) >= 11 is 0. The van der Waals surface area contributed by atoms with Crippen LogP contribution >= 0.6 is 0 Å². The maximum atomic E-state index is 12.6. The smallest absolute Gasteiger partial charge is 0.309 e. The molecule has 0 bridgehead atoms. The summed E-state index contributed by atoms with van der Waals surface area (Å²) in [6.07, 6.45) is 12.8. The second kappa shape index (κ2) is 14.3. The van der Waals surface area contributed by atoms with Crippen LogP contribution in [0.3, 0.4) is 0 Å². The molecule has 3 aliphatic rings. The van der Waals surface area contributed by atoms with Crippen LogP contribution in [-0.4, -0.2) is 50.3 Å². The summed E-state index contributed by atoms with van der Waals surface area (Å²) in [4.78, 5) is 49.4. The summed E-state index contributed by atoms with van der Waals surface area (Å²) in [5.41, 5.74) is 0. The van der Waals surface area contributed by atoms with Crippen molar-refractivity contribution in [2.45, 2.75) is 89.9 Å². The second-order valence-electron chi connectivity index (χ2n) is 9.84. The van der Waals surface area contributed by atoms with Crippen molar-refractivity contribution in [1.82, 2.24) is 0 Å². The molecular weight excluding hydrogens is 440 g/mol. The number of carbonyl (C=O) groups excluding carboxylic acids is 4. The molecule has 8 nitrogen and oxygen atoms in total. The third-order valence-electron chi connectivity index (χ3n) is 7.39. The molecule has 0 aromatic carbocycles. The van der Waals surface area contributed by atoms with Gasteiger partial charge in [0.2, 0.25) is 0 Å². The fourth-order valence-corrected chi connectivity index (χ4v) is 5.39. The van der Waals surface area contributed by atoms with Crippen LogP contribution < -0.4 is 0 Å². The van der Waals surface area contributed by atoms with E-state index in [0.717, 1.165) is 77.0 Å². The maximum Gasteiger partial charge on any atom is 0.309 e. The molecule has 3 fully saturated rings. The summed E-state index contributed by atoms with van der Waals surface area (Å²) in [6.45, 7) is 0.0594. The Morgan fingerprint density at radius 1 is 0.412 bits per heavy atom. The maximum absolute atomic E-state index is 12.6. The van der Waals surface area contributed by atoms with Crippen LogP contribution in [0.5, 0.6) is 0 Å². The average molecular weight is 481 g/mol. The van der Waals surface area contributed by atoms with E-state index in [-0.39, 0.29) is 50.2 Å². The highest BCUT2D eigenvalue weighted by Gasteiger charge is 2.38. The van der Waals surface area contributed by atoms with E-state index in [1.165, 1.54) is 0 Å². The lowest BCUT2D eigenvalue weighted by atomic mass is 9.79. The van der Waals surface area contributed by atoms with Gasteiger partial charge in [0, 0.05) is 0 Å². The summed E-state index contributed by atoms with van der Waals surface area (Å²) in [5, 5.41) is 0. The van der Waals surface area contributed by atoms with Crippen molar-refractivity contribution in [2.75, 3.05) is 26.4 Å². The van der Waals surface area contributed by atoms with Crippen molar-refractivity contribution < 1.29 is 38.1 Å². The average Bonchev–Trinajstić information content (AvgIpc) is 2.89. The first-order valence-electron chi connectivity index (χ1n) is 13.2. The van der Waals surface area contributed by atoms with Gasteiger partial charge in [0.05, 0.1) is 23.7 Å². The van der Waals surface area contributed by atoms with Crippen LogP contribution in [0.15, 0.2) is 0 Å². The Bertz CT molecular complexity index is 620. The Morgan fingerprint density at radius 2 is 0.706 bits per heavy atom. The van der Waals surface area contributed by atoms with Gasteiger partial charge in [-0.25, -0.2) is 0 Å². The van der Waals surface area contributed by atoms with E-state index in [4.69, 9.17) is 18.9 Å². The highest BCUT2D eigenvalue weighted by Crippen LogP contribution is 2.32. The Kier molecular flexibility index (Phi) is 11.2. The van der Waals surface area contributed by atoms with Gasteiger partial charge in [0.25, 0.3) is 0 Å². The van der Waals surface area contributed by atoms with Crippen molar-refractivity contribution in [3.05, 3.63) is 0 Å². The Balaban J connectivity index is 1.33. The number of hydrogen-bond acceptors (Lipinski definition) is 8. The number of rotatable bonds is 10. The van der Waals surface area contributed by atoms with Gasteiger partial charge in [0.1, 0.15) is 26.4 Å². The van der Waals surface area contributed by atoms with E-state index in [1.54, 1.807) is 0 Å². The van der Waals surface area contributed by atoms with Crippen molar-refractivity contribution in [3.63, 3.8) is 0 Å². The van der Waals surface area contributed by atoms with Gasteiger partial charge in [-0.2, -0.15) is 0 Å². The normalized spacial score (nSPS) is 24.1. The highest BCUT2D eigenvalue weighted by molar-refractivity contribution is 5.82. The van der Waals surface area contributed by atoms with E-state index >= 15 is 0 Å². The molecular formula is C26H40O8. The molecule has 0 saturated heterocycles. The van der Waals surface area contributed by atoms with Gasteiger partial charge < -0.3 is 18.9 Å². The van der Waals surface area contributed by atoms with Crippen LogP contribution in [0.25, 0.3) is 0 Å². The van der Waals surface area contributed by atoms with Crippen molar-refractivity contribution >= 4 is 23.9 Å². The summed E-state index contributed by atoms with van der Waals surface area (Å²) < 4.78 is 21.2. The Labute approximate surface area is 202 Å². The zero-order valence-electron chi connectivity index (χ0n) is 20.3. The molecule has 0 heterocycles. The van der Waals surface area contributed by atoms with Gasteiger partial charge in [-0.1, -0.05) is 51.4 Å². The third kappa shape index (κ3) is 8.27. The minimum Gasteiger partial charge on any atom is -0.462 e. The molecule has 0 radical (unpaired) electrons. The zero-order chi connectivity index (χ0) is 24.2. The fourth-order valence-electron chi connectivity index (χ4n) is 5.39. The Hall–Kier alpha value is -2.12. The van der Waals surface area contributed by atoms with E-state index in [9.17, 15) is 19.2 Å². The number of carbonyl (C=O) groups is 4. The molecule has 2 atom stereocenters. The SMILES string of the molecule is O=C(OCCOC(=O)C1CCCCC1C(=O)OCCOC(=O)C1CCCCC1)C1CCCCC1. The number of esters is 4. The summed E-state index contributed by atoms with van der Waals surface area (Å²) in [6, 6.07) is 0. The van der Waals surface area contributed by atoms with Crippen LogP contribution in [0, 0.1) is 23.7 Å². The molecule has 34 heavy (non-hydrogen) atoms. The van der Waals surface area contributed by atoms with Crippen LogP contribution in [0.1, 0.15) is 89.9 Å². The first-order chi connectivity index (χ1) is 16.6. The second-order valence-corrected chi connectivity index (χ2v) is 9.84. The lowest BCUT2D eigenvalue weighted by Crippen LogP contribution is -2.36.